The van der Waals surface area contributed by atoms with Crippen LogP contribution in [0.3, 0.4) is 0 Å². The van der Waals surface area contributed by atoms with Crippen LogP contribution in [-0.2, 0) is 24.8 Å². The number of aliphatic hydroxyl groups is 5. The molecule has 1 fully saturated rings. The molecule has 2 heterocycles. The van der Waals surface area contributed by atoms with Crippen molar-refractivity contribution in [2.45, 2.75) is 56.1 Å². The third-order valence-corrected chi connectivity index (χ3v) is 11.7. The third-order valence-electron chi connectivity index (χ3n) is 10.5. The van der Waals surface area contributed by atoms with E-state index in [2.05, 4.69) is 5.32 Å². The first-order chi connectivity index (χ1) is 24.3. The Morgan fingerprint density at radius 1 is 1.19 bits per heavy atom. The number of fused-ring (bicyclic) bond motifs is 4. The molecule has 288 valence electrons. The molecule has 0 aromatic heterocycles. The van der Waals surface area contributed by atoms with Gasteiger partial charge in [-0.3, -0.25) is 29.5 Å². The Kier molecular flexibility index (Phi) is 11.3. The van der Waals surface area contributed by atoms with E-state index in [1.165, 1.54) is 60.8 Å². The molecule has 0 bridgehead atoms. The van der Waals surface area contributed by atoms with Gasteiger partial charge < -0.3 is 57.2 Å². The minimum atomic E-state index is -2.75. The Labute approximate surface area is 307 Å². The number of likely N-dealkylation sites (N-methyl/N-ethyl adjacent to an activating group) is 1. The van der Waals surface area contributed by atoms with Crippen LogP contribution in [0.4, 0.5) is 0 Å². The molecule has 0 radical (unpaired) electrons. The Morgan fingerprint density at radius 3 is 2.38 bits per heavy atom. The highest BCUT2D eigenvalue weighted by molar-refractivity contribution is 8.03. The van der Waals surface area contributed by atoms with E-state index in [0.717, 1.165) is 6.34 Å². The Morgan fingerprint density at radius 2 is 1.83 bits per heavy atom. The number of nitrogens with two attached hydrogens (primary N) is 1. The van der Waals surface area contributed by atoms with Crippen LogP contribution < -0.4 is 11.1 Å². The quantitative estimate of drug-likeness (QED) is 0.0464. The highest BCUT2D eigenvalue weighted by Gasteiger charge is 2.65. The van der Waals surface area contributed by atoms with Crippen molar-refractivity contribution in [3.63, 3.8) is 0 Å². The van der Waals surface area contributed by atoms with Crippen LogP contribution in [0.15, 0.2) is 51.5 Å². The Bertz CT molecular complexity index is 1870. The van der Waals surface area contributed by atoms with E-state index in [0.29, 0.717) is 23.6 Å². The summed E-state index contributed by atoms with van der Waals surface area (Å²) in [7, 11) is 3.06. The Balaban J connectivity index is 0.000000258. The number of nitrogens with one attached hydrogen (secondary N) is 2. The molecule has 5 aliphatic rings. The number of aliphatic hydroxyl groups excluding tert-OH is 3. The van der Waals surface area contributed by atoms with Gasteiger partial charge in [0.2, 0.25) is 11.7 Å². The van der Waals surface area contributed by atoms with Gasteiger partial charge in [-0.05, 0) is 46.0 Å². The lowest BCUT2D eigenvalue weighted by Crippen LogP contribution is -2.65. The van der Waals surface area contributed by atoms with Gasteiger partial charge in [0.05, 0.1) is 41.6 Å². The van der Waals surface area contributed by atoms with Gasteiger partial charge in [-0.15, -0.1) is 11.8 Å². The predicted molar refractivity (Wildman–Crippen MR) is 187 cm³/mol. The highest BCUT2D eigenvalue weighted by atomic mass is 32.2. The number of amides is 2. The van der Waals surface area contributed by atoms with Crippen molar-refractivity contribution < 1.29 is 65.2 Å². The summed E-state index contributed by atoms with van der Waals surface area (Å²) < 4.78 is 0. The molecule has 1 aromatic carbocycles. The lowest BCUT2D eigenvalue weighted by Gasteiger charge is -2.52. The van der Waals surface area contributed by atoms with Crippen molar-refractivity contribution in [3.05, 3.63) is 62.6 Å². The molecule has 13 N–H and O–H groups in total. The molecule has 3 aliphatic carbocycles. The molecule has 2 aliphatic heterocycles. The van der Waals surface area contributed by atoms with E-state index in [1.807, 2.05) is 0 Å². The average Bonchev–Trinajstić information content (AvgIpc) is 3.37. The standard InChI is InChI=1S/C22H24N2O8.C12H17N3O4S.H2O/c1-21(31)8-5-4-6-11(25)12(8)16(26)13-9(21)7-10-15(24(2)3)17(27)14(20(23)30)19(29)22(10,32)18(13)28;1-6(16)9-7-4-8(20-3-2-14-5-13)10(12(18)19)15(7)11(9)17;/h4-6,9-10,15,25,27-28,31-32H,7H2,1-3H3,(H2,23,30);5-7,9,16H,2-4H2,1H3,(H2,13,14)(H,18,19);1H2/t9-,10-,15-,21+,22-;6-,7-,9-;/m01./s1. The summed E-state index contributed by atoms with van der Waals surface area (Å²) >= 11 is 1.38. The minimum Gasteiger partial charge on any atom is -0.510 e. The Hall–Kier alpha value is -4.79. The highest BCUT2D eigenvalue weighted by Crippen LogP contribution is 2.56. The van der Waals surface area contributed by atoms with E-state index in [1.54, 1.807) is 6.92 Å². The van der Waals surface area contributed by atoms with Gasteiger partial charge in [-0.2, -0.15) is 0 Å². The van der Waals surface area contributed by atoms with E-state index in [-0.39, 0.29) is 40.7 Å². The molecule has 0 unspecified atom stereocenters. The van der Waals surface area contributed by atoms with Crippen molar-refractivity contribution in [1.29, 1.82) is 5.41 Å². The van der Waals surface area contributed by atoms with E-state index in [9.17, 15) is 59.7 Å². The van der Waals surface area contributed by atoms with Crippen molar-refractivity contribution >= 4 is 47.5 Å². The number of benzene rings is 1. The zero-order valence-corrected chi connectivity index (χ0v) is 30.0. The maximum Gasteiger partial charge on any atom is 0.353 e. The number of aromatic hydroxyl groups is 1. The average molecular weight is 762 g/mol. The molecule has 1 saturated heterocycles. The molecule has 1 aromatic rings. The van der Waals surface area contributed by atoms with Gasteiger partial charge in [-0.25, -0.2) is 4.79 Å². The van der Waals surface area contributed by atoms with Crippen molar-refractivity contribution in [2.75, 3.05) is 26.4 Å². The van der Waals surface area contributed by atoms with Crippen molar-refractivity contribution in [1.82, 2.24) is 15.1 Å². The molecule has 0 spiro atoms. The zero-order chi connectivity index (χ0) is 38.8. The number of carboxylic acid groups (broad SMARTS) is 1. The maximum atomic E-state index is 13.3. The molecule has 18 nitrogen and oxygen atoms in total. The van der Waals surface area contributed by atoms with Crippen molar-refractivity contribution in [2.24, 2.45) is 23.5 Å². The number of primary amides is 1. The minimum absolute atomic E-state index is 0. The summed E-state index contributed by atoms with van der Waals surface area (Å²) in [6, 6.07) is 2.82. The molecular formula is C34H43N5O13S. The fourth-order valence-electron chi connectivity index (χ4n) is 8.17. The number of thioether (sulfide) groups is 1. The smallest absolute Gasteiger partial charge is 0.353 e. The number of phenolic OH excluding ortho intramolecular Hbond substituents is 1. The number of aliphatic carboxylic acids is 1. The van der Waals surface area contributed by atoms with Gasteiger partial charge in [-0.1, -0.05) is 12.1 Å². The SMILES string of the molecule is CN(C)[C@@H]1C(O)=C(C(N)=O)C(=O)[C@@]2(O)C(O)=C3C(=O)c4c(O)cccc4[C@@](C)(O)[C@H]3C[C@@H]12.C[C@@H](O)[C@H]1C(=O)N2C(C(=O)O)=C(SCCNC=N)C[C@H]12.O. The molecule has 6 rings (SSSR count). The number of carboxylic acids is 1. The largest absolute Gasteiger partial charge is 0.510 e. The summed E-state index contributed by atoms with van der Waals surface area (Å²) in [5.41, 5.74) is -0.601. The van der Waals surface area contributed by atoms with Gasteiger partial charge in [0, 0.05) is 41.0 Å². The number of carbonyl (C=O) groups excluding carboxylic acids is 4. The van der Waals surface area contributed by atoms with Gasteiger partial charge in [0.15, 0.2) is 11.4 Å². The summed E-state index contributed by atoms with van der Waals surface area (Å²) in [5, 5.41) is 83.5. The number of phenols is 1. The second-order valence-corrected chi connectivity index (χ2v) is 14.9. The number of nitrogens with zero attached hydrogens (tertiary/aromatic N) is 2. The monoisotopic (exact) mass is 761 g/mol. The number of rotatable bonds is 9. The van der Waals surface area contributed by atoms with Crippen molar-refractivity contribution in [3.8, 4) is 5.75 Å². The molecule has 8 atom stereocenters. The number of Topliss-reactive ketones (excluding diaryl/α,β-unsaturated/α-hetero) is 2. The number of ketones is 2. The lowest BCUT2D eigenvalue weighted by atomic mass is 9.55. The second kappa shape index (κ2) is 14.6. The lowest BCUT2D eigenvalue weighted by molar-refractivity contribution is -0.161. The number of β-lactam (4-membered cyclic amide) rings is 1. The first-order valence-electron chi connectivity index (χ1n) is 16.3. The molecule has 2 amide bonds. The van der Waals surface area contributed by atoms with Crippen LogP contribution in [0.5, 0.6) is 5.75 Å². The second-order valence-electron chi connectivity index (χ2n) is 13.7. The fraction of sp³-hybridized carbons (Fsp3) is 0.471. The number of hydrogen-bond donors (Lipinski definition) is 10. The van der Waals surface area contributed by atoms with Crippen LogP contribution in [0.1, 0.15) is 42.6 Å². The van der Waals surface area contributed by atoms with E-state index >= 15 is 0 Å². The maximum absolute atomic E-state index is 13.3. The molecule has 0 saturated carbocycles. The van der Waals surface area contributed by atoms with Crippen LogP contribution >= 0.6 is 11.8 Å². The summed E-state index contributed by atoms with van der Waals surface area (Å²) in [6.07, 6.45) is 0.608. The first-order valence-corrected chi connectivity index (χ1v) is 17.3. The van der Waals surface area contributed by atoms with E-state index in [4.69, 9.17) is 11.1 Å². The zero-order valence-electron chi connectivity index (χ0n) is 29.2. The predicted octanol–water partition coefficient (Wildman–Crippen LogP) is -1.22. The number of hydrogen-bond acceptors (Lipinski definition) is 14. The van der Waals surface area contributed by atoms with Gasteiger partial charge >= 0.3 is 5.97 Å². The fourth-order valence-corrected chi connectivity index (χ4v) is 9.25. The first kappa shape index (κ1) is 41.0. The summed E-state index contributed by atoms with van der Waals surface area (Å²) in [4.78, 5) is 65.1. The molecule has 53 heavy (non-hydrogen) atoms. The molecule has 19 heteroatoms. The third kappa shape index (κ3) is 6.15. The van der Waals surface area contributed by atoms with Gasteiger partial charge in [0.25, 0.3) is 5.91 Å². The van der Waals surface area contributed by atoms with Crippen LogP contribution in [0.2, 0.25) is 0 Å². The van der Waals surface area contributed by atoms with Crippen LogP contribution in [-0.4, -0.2) is 137 Å². The molecular weight excluding hydrogens is 718 g/mol. The van der Waals surface area contributed by atoms with E-state index < -0.39 is 93.0 Å². The normalized spacial score (nSPS) is 30.6. The van der Waals surface area contributed by atoms with Crippen LogP contribution in [0, 0.1) is 23.2 Å². The summed E-state index contributed by atoms with van der Waals surface area (Å²) in [5.74, 6) is -9.18. The number of carbonyl (C=O) groups is 5. The topological polar surface area (TPSA) is 327 Å². The van der Waals surface area contributed by atoms with Crippen LogP contribution in [0.25, 0.3) is 0 Å². The summed E-state index contributed by atoms with van der Waals surface area (Å²) in [6.45, 7) is 3.52. The van der Waals surface area contributed by atoms with Gasteiger partial charge in [0.1, 0.15) is 28.5 Å².